The van der Waals surface area contributed by atoms with E-state index in [2.05, 4.69) is 5.32 Å². The number of nitro groups is 1. The first-order valence-corrected chi connectivity index (χ1v) is 8.70. The van der Waals surface area contributed by atoms with Gasteiger partial charge >= 0.3 is 0 Å². The van der Waals surface area contributed by atoms with E-state index >= 15 is 0 Å². The van der Waals surface area contributed by atoms with E-state index in [9.17, 15) is 14.9 Å². The van der Waals surface area contributed by atoms with Crippen molar-refractivity contribution in [1.82, 2.24) is 5.32 Å². The van der Waals surface area contributed by atoms with E-state index in [1.165, 1.54) is 18.2 Å². The fourth-order valence-electron chi connectivity index (χ4n) is 2.59. The lowest BCUT2D eigenvalue weighted by Crippen LogP contribution is -2.20. The largest absolute Gasteiger partial charge is 0.489 e. The summed E-state index contributed by atoms with van der Waals surface area (Å²) < 4.78 is 11.2. The van der Waals surface area contributed by atoms with Crippen LogP contribution >= 0.6 is 11.6 Å². The number of para-hydroxylation sites is 1. The molecule has 1 aliphatic rings. The topological polar surface area (TPSA) is 90.7 Å². The molecule has 0 fully saturated rings. The molecule has 0 unspecified atom stereocenters. The van der Waals surface area contributed by atoms with Crippen LogP contribution in [0.2, 0.25) is 5.02 Å². The van der Waals surface area contributed by atoms with E-state index in [1.54, 1.807) is 30.3 Å². The summed E-state index contributed by atoms with van der Waals surface area (Å²) in [5.74, 6) is 0.691. The third kappa shape index (κ3) is 4.77. The van der Waals surface area contributed by atoms with Gasteiger partial charge in [0, 0.05) is 25.1 Å². The van der Waals surface area contributed by atoms with Crippen molar-refractivity contribution in [3.63, 3.8) is 0 Å². The summed E-state index contributed by atoms with van der Waals surface area (Å²) in [5.41, 5.74) is 1.06. The lowest BCUT2D eigenvalue weighted by atomic mass is 10.1. The molecule has 1 aliphatic heterocycles. The summed E-state index contributed by atoms with van der Waals surface area (Å²) in [7, 11) is 0. The number of hydrogen-bond donors (Lipinski definition) is 1. The number of fused-ring (bicyclic) bond motifs is 1. The summed E-state index contributed by atoms with van der Waals surface area (Å²) >= 11 is 6.23. The van der Waals surface area contributed by atoms with Gasteiger partial charge in [-0.1, -0.05) is 23.7 Å². The van der Waals surface area contributed by atoms with Gasteiger partial charge in [-0.3, -0.25) is 14.9 Å². The van der Waals surface area contributed by atoms with E-state index in [0.717, 1.165) is 12.0 Å². The van der Waals surface area contributed by atoms with Crippen LogP contribution in [0.4, 0.5) is 5.69 Å². The van der Waals surface area contributed by atoms with Crippen LogP contribution in [0.3, 0.4) is 0 Å². The normalized spacial score (nSPS) is 13.2. The number of rotatable bonds is 5. The second-order valence-electron chi connectivity index (χ2n) is 5.82. The molecule has 0 aliphatic carbocycles. The van der Waals surface area contributed by atoms with Crippen molar-refractivity contribution in [1.29, 1.82) is 0 Å². The van der Waals surface area contributed by atoms with Gasteiger partial charge in [0.05, 0.1) is 28.7 Å². The van der Waals surface area contributed by atoms with E-state index < -0.39 is 4.92 Å². The Bertz CT molecular complexity index is 898. The first kappa shape index (κ1) is 18.7. The predicted octanol–water partition coefficient (Wildman–Crippen LogP) is 3.74. The number of ether oxygens (including phenoxy) is 2. The molecular weight excluding hydrogens is 372 g/mol. The van der Waals surface area contributed by atoms with Gasteiger partial charge in [-0.15, -0.1) is 0 Å². The van der Waals surface area contributed by atoms with Crippen molar-refractivity contribution >= 4 is 29.3 Å². The van der Waals surface area contributed by atoms with Crippen molar-refractivity contribution in [2.24, 2.45) is 0 Å². The monoisotopic (exact) mass is 388 g/mol. The Morgan fingerprint density at radius 3 is 2.85 bits per heavy atom. The summed E-state index contributed by atoms with van der Waals surface area (Å²) in [6.07, 6.45) is 3.44. The Labute approximate surface area is 160 Å². The minimum atomic E-state index is -0.489. The quantitative estimate of drug-likeness (QED) is 0.478. The molecule has 0 saturated heterocycles. The summed E-state index contributed by atoms with van der Waals surface area (Å²) in [4.78, 5) is 22.5. The number of nitrogens with zero attached hydrogens (tertiary/aromatic N) is 1. The zero-order chi connectivity index (χ0) is 19.2. The van der Waals surface area contributed by atoms with Gasteiger partial charge in [0.2, 0.25) is 5.91 Å². The molecule has 0 saturated carbocycles. The van der Waals surface area contributed by atoms with Gasteiger partial charge in [-0.2, -0.15) is 0 Å². The number of nitro benzene ring substituents is 1. The van der Waals surface area contributed by atoms with Crippen LogP contribution in [-0.4, -0.2) is 24.0 Å². The van der Waals surface area contributed by atoms with Gasteiger partial charge in [0.15, 0.2) is 11.5 Å². The number of nitrogens with one attached hydrogen (secondary N) is 1. The number of hydrogen-bond acceptors (Lipinski definition) is 5. The minimum absolute atomic E-state index is 0.0590. The fourth-order valence-corrected chi connectivity index (χ4v) is 2.88. The van der Waals surface area contributed by atoms with Crippen LogP contribution in [-0.2, 0) is 11.3 Å². The molecule has 27 heavy (non-hydrogen) atoms. The number of amides is 1. The molecule has 3 rings (SSSR count). The van der Waals surface area contributed by atoms with Gasteiger partial charge in [-0.05, 0) is 29.8 Å². The van der Waals surface area contributed by atoms with E-state index in [0.29, 0.717) is 35.3 Å². The molecule has 0 spiro atoms. The molecule has 0 radical (unpaired) electrons. The molecule has 1 N–H and O–H groups in total. The number of benzene rings is 2. The number of carbonyl (C=O) groups excluding carboxylic acids is 1. The Balaban J connectivity index is 1.65. The summed E-state index contributed by atoms with van der Waals surface area (Å²) in [5, 5.41) is 14.1. The maximum absolute atomic E-state index is 12.0. The highest BCUT2D eigenvalue weighted by Gasteiger charge is 2.16. The van der Waals surface area contributed by atoms with E-state index in [1.807, 2.05) is 0 Å². The van der Waals surface area contributed by atoms with Crippen molar-refractivity contribution in [2.45, 2.75) is 13.0 Å². The molecule has 2 aromatic carbocycles. The highest BCUT2D eigenvalue weighted by Crippen LogP contribution is 2.37. The lowest BCUT2D eigenvalue weighted by Gasteiger charge is -2.11. The maximum atomic E-state index is 12.0. The van der Waals surface area contributed by atoms with Crippen LogP contribution in [0.25, 0.3) is 6.08 Å². The molecule has 0 atom stereocenters. The third-order valence-corrected chi connectivity index (χ3v) is 4.16. The summed E-state index contributed by atoms with van der Waals surface area (Å²) in [6.45, 7) is 1.31. The standard InChI is InChI=1S/C19H17ClN2O5/c20-15-10-13(11-17-19(15)27-9-3-8-26-17)12-21-18(23)7-6-14-4-1-2-5-16(14)22(24)25/h1-2,4-7,10-11H,3,8-9,12H2,(H,21,23)/b7-6+. The smallest absolute Gasteiger partial charge is 0.276 e. The van der Waals surface area contributed by atoms with Gasteiger partial charge in [0.25, 0.3) is 5.69 Å². The van der Waals surface area contributed by atoms with E-state index in [-0.39, 0.29) is 18.1 Å². The molecule has 0 bridgehead atoms. The van der Waals surface area contributed by atoms with Crippen molar-refractivity contribution in [3.8, 4) is 11.5 Å². The molecule has 8 heteroatoms. The van der Waals surface area contributed by atoms with Gasteiger partial charge in [-0.25, -0.2) is 0 Å². The molecule has 1 amide bonds. The average molecular weight is 389 g/mol. The molecule has 140 valence electrons. The van der Waals surface area contributed by atoms with Crippen molar-refractivity contribution < 1.29 is 19.2 Å². The van der Waals surface area contributed by atoms with Crippen LogP contribution in [0.15, 0.2) is 42.5 Å². The summed E-state index contributed by atoms with van der Waals surface area (Å²) in [6, 6.07) is 9.69. The molecule has 7 nitrogen and oxygen atoms in total. The van der Waals surface area contributed by atoms with Gasteiger partial charge < -0.3 is 14.8 Å². The average Bonchev–Trinajstić information content (AvgIpc) is 2.90. The minimum Gasteiger partial charge on any atom is -0.489 e. The van der Waals surface area contributed by atoms with E-state index in [4.69, 9.17) is 21.1 Å². The molecule has 1 heterocycles. The van der Waals surface area contributed by atoms with Crippen LogP contribution in [0.5, 0.6) is 11.5 Å². The lowest BCUT2D eigenvalue weighted by molar-refractivity contribution is -0.385. The number of halogens is 1. The van der Waals surface area contributed by atoms with Gasteiger partial charge in [0.1, 0.15) is 0 Å². The second kappa shape index (κ2) is 8.55. The van der Waals surface area contributed by atoms with Crippen LogP contribution in [0, 0.1) is 10.1 Å². The van der Waals surface area contributed by atoms with Crippen molar-refractivity contribution in [3.05, 3.63) is 68.7 Å². The van der Waals surface area contributed by atoms with Crippen LogP contribution in [0.1, 0.15) is 17.5 Å². The molecule has 2 aromatic rings. The zero-order valence-electron chi connectivity index (χ0n) is 14.3. The first-order valence-electron chi connectivity index (χ1n) is 8.32. The highest BCUT2D eigenvalue weighted by molar-refractivity contribution is 6.32. The Morgan fingerprint density at radius 2 is 2.04 bits per heavy atom. The predicted molar refractivity (Wildman–Crippen MR) is 101 cm³/mol. The van der Waals surface area contributed by atoms with Crippen LogP contribution < -0.4 is 14.8 Å². The third-order valence-electron chi connectivity index (χ3n) is 3.88. The Morgan fingerprint density at radius 1 is 1.26 bits per heavy atom. The second-order valence-corrected chi connectivity index (χ2v) is 6.23. The van der Waals surface area contributed by atoms with Crippen molar-refractivity contribution in [2.75, 3.05) is 13.2 Å². The molecular formula is C19H17ClN2O5. The molecule has 0 aromatic heterocycles. The maximum Gasteiger partial charge on any atom is 0.276 e. The number of carbonyl (C=O) groups is 1. The zero-order valence-corrected chi connectivity index (χ0v) is 15.1. The highest BCUT2D eigenvalue weighted by atomic mass is 35.5. The fraction of sp³-hybridized carbons (Fsp3) is 0.211. The Kier molecular flexibility index (Phi) is 5.93. The Hall–Kier alpha value is -3.06. The first-order chi connectivity index (χ1) is 13.0. The SMILES string of the molecule is O=C(/C=C/c1ccccc1[N+](=O)[O-])NCc1cc(Cl)c2c(c1)OCCCO2.